The zero-order chi connectivity index (χ0) is 15.5. The van der Waals surface area contributed by atoms with E-state index in [1.165, 1.54) is 17.4 Å². The Bertz CT molecular complexity index is 732. The molecule has 0 unspecified atom stereocenters. The summed E-state index contributed by atoms with van der Waals surface area (Å²) < 4.78 is 1.83. The molecule has 0 atom stereocenters. The number of aromatic nitrogens is 2. The van der Waals surface area contributed by atoms with Crippen molar-refractivity contribution in [2.24, 2.45) is 5.92 Å². The minimum absolute atomic E-state index is 0.0793. The molecule has 0 bridgehead atoms. The lowest BCUT2D eigenvalue weighted by molar-refractivity contribution is -0.122. The van der Waals surface area contributed by atoms with Gasteiger partial charge in [-0.25, -0.2) is 4.98 Å². The van der Waals surface area contributed by atoms with E-state index in [-0.39, 0.29) is 17.7 Å². The summed E-state index contributed by atoms with van der Waals surface area (Å²) in [5.74, 6) is 0.0326. The Balaban J connectivity index is 1.47. The molecule has 0 aliphatic heterocycles. The Morgan fingerprint density at radius 2 is 2.18 bits per heavy atom. The second-order valence-corrected chi connectivity index (χ2v) is 6.26. The molecule has 2 heterocycles. The molecule has 0 saturated heterocycles. The fourth-order valence-electron chi connectivity index (χ4n) is 2.00. The molecule has 116 valence electrons. The fraction of sp³-hybridized carbons (Fsp3) is 0.357. The summed E-state index contributed by atoms with van der Waals surface area (Å²) in [5, 5.41) is 7.77. The number of hydrogen-bond donors (Lipinski definition) is 2. The van der Waals surface area contributed by atoms with Crippen LogP contribution in [0.25, 0.3) is 11.0 Å². The van der Waals surface area contributed by atoms with Gasteiger partial charge in [-0.15, -0.1) is 11.3 Å². The number of halogens is 1. The van der Waals surface area contributed by atoms with Crippen LogP contribution in [-0.2, 0) is 9.59 Å². The Kier molecular flexibility index (Phi) is 4.44. The maximum Gasteiger partial charge on any atom is 0.244 e. The van der Waals surface area contributed by atoms with E-state index in [2.05, 4.69) is 15.6 Å². The lowest BCUT2D eigenvalue weighted by atomic mass is 10.3. The molecule has 2 aromatic heterocycles. The minimum atomic E-state index is -0.234. The first kappa shape index (κ1) is 15.1. The Labute approximate surface area is 136 Å². The molecule has 0 aromatic carbocycles. The Hall–Kier alpha value is -1.86. The van der Waals surface area contributed by atoms with Gasteiger partial charge in [0.15, 0.2) is 10.1 Å². The highest BCUT2D eigenvalue weighted by molar-refractivity contribution is 7.15. The molecule has 8 heteroatoms. The van der Waals surface area contributed by atoms with E-state index in [1.54, 1.807) is 6.08 Å². The van der Waals surface area contributed by atoms with Gasteiger partial charge in [0.1, 0.15) is 0 Å². The average molecular weight is 339 g/mol. The van der Waals surface area contributed by atoms with E-state index in [9.17, 15) is 9.59 Å². The van der Waals surface area contributed by atoms with Gasteiger partial charge in [-0.05, 0) is 18.9 Å². The highest BCUT2D eigenvalue weighted by Gasteiger charge is 2.28. The molecule has 22 heavy (non-hydrogen) atoms. The van der Waals surface area contributed by atoms with E-state index in [0.29, 0.717) is 23.9 Å². The van der Waals surface area contributed by atoms with Gasteiger partial charge in [-0.3, -0.25) is 14.0 Å². The van der Waals surface area contributed by atoms with Crippen LogP contribution < -0.4 is 10.6 Å². The van der Waals surface area contributed by atoms with E-state index < -0.39 is 0 Å². The Morgan fingerprint density at radius 3 is 2.95 bits per heavy atom. The average Bonchev–Trinajstić information content (AvgIpc) is 3.18. The number of hydrogen-bond acceptors (Lipinski definition) is 4. The van der Waals surface area contributed by atoms with Crippen LogP contribution in [-0.4, -0.2) is 34.3 Å². The summed E-state index contributed by atoms with van der Waals surface area (Å²) in [6.45, 7) is 0.840. The van der Waals surface area contributed by atoms with Crippen LogP contribution in [0.5, 0.6) is 0 Å². The number of carbonyl (C=O) groups excluding carboxylic acids is 2. The van der Waals surface area contributed by atoms with Crippen molar-refractivity contribution < 1.29 is 9.59 Å². The van der Waals surface area contributed by atoms with Crippen molar-refractivity contribution in [3.8, 4) is 0 Å². The zero-order valence-electron chi connectivity index (χ0n) is 11.7. The fourth-order valence-corrected chi connectivity index (χ4v) is 3.01. The van der Waals surface area contributed by atoms with Crippen LogP contribution in [0.15, 0.2) is 17.7 Å². The summed E-state index contributed by atoms with van der Waals surface area (Å²) in [4.78, 5) is 28.1. The number of imidazole rings is 1. The maximum atomic E-state index is 11.7. The molecule has 3 rings (SSSR count). The molecular formula is C14H15ClN4O2S. The number of nitrogens with zero attached hydrogens (tertiary/aromatic N) is 2. The van der Waals surface area contributed by atoms with Gasteiger partial charge in [-0.1, -0.05) is 11.6 Å². The first-order valence-corrected chi connectivity index (χ1v) is 8.25. The number of fused-ring (bicyclic) bond motifs is 1. The molecule has 0 spiro atoms. The van der Waals surface area contributed by atoms with Gasteiger partial charge in [0.05, 0.1) is 5.69 Å². The van der Waals surface area contributed by atoms with Crippen LogP contribution in [0, 0.1) is 5.92 Å². The number of nitrogens with one attached hydrogen (secondary N) is 2. The summed E-state index contributed by atoms with van der Waals surface area (Å²) >= 11 is 7.51. The van der Waals surface area contributed by atoms with Crippen molar-refractivity contribution in [2.45, 2.75) is 12.8 Å². The van der Waals surface area contributed by atoms with Crippen LogP contribution in [0.1, 0.15) is 18.5 Å². The highest BCUT2D eigenvalue weighted by atomic mass is 35.5. The molecule has 1 saturated carbocycles. The molecular weight excluding hydrogens is 324 g/mol. The van der Waals surface area contributed by atoms with Gasteiger partial charge in [-0.2, -0.15) is 0 Å². The number of thiazole rings is 1. The van der Waals surface area contributed by atoms with Crippen LogP contribution in [0.2, 0.25) is 5.15 Å². The van der Waals surface area contributed by atoms with Gasteiger partial charge < -0.3 is 10.6 Å². The van der Waals surface area contributed by atoms with Crippen molar-refractivity contribution in [3.05, 3.63) is 28.5 Å². The summed E-state index contributed by atoms with van der Waals surface area (Å²) in [5.41, 5.74) is 0.676. The van der Waals surface area contributed by atoms with E-state index in [1.807, 2.05) is 16.0 Å². The minimum Gasteiger partial charge on any atom is -0.354 e. The van der Waals surface area contributed by atoms with Crippen LogP contribution in [0.4, 0.5) is 0 Å². The van der Waals surface area contributed by atoms with Crippen LogP contribution in [0.3, 0.4) is 0 Å². The highest BCUT2D eigenvalue weighted by Crippen LogP contribution is 2.28. The second kappa shape index (κ2) is 6.50. The first-order valence-electron chi connectivity index (χ1n) is 7.00. The molecule has 2 N–H and O–H groups in total. The van der Waals surface area contributed by atoms with Gasteiger partial charge in [0.25, 0.3) is 0 Å². The van der Waals surface area contributed by atoms with Gasteiger partial charge in [0, 0.05) is 36.7 Å². The zero-order valence-corrected chi connectivity index (χ0v) is 13.3. The number of amides is 2. The maximum absolute atomic E-state index is 11.7. The summed E-state index contributed by atoms with van der Waals surface area (Å²) in [6, 6.07) is 0. The largest absolute Gasteiger partial charge is 0.354 e. The molecule has 2 amide bonds. The van der Waals surface area contributed by atoms with Crippen molar-refractivity contribution >= 4 is 45.8 Å². The van der Waals surface area contributed by atoms with Gasteiger partial charge >= 0.3 is 0 Å². The third kappa shape index (κ3) is 3.48. The quantitative estimate of drug-likeness (QED) is 0.622. The monoisotopic (exact) mass is 338 g/mol. The number of rotatable bonds is 6. The topological polar surface area (TPSA) is 75.5 Å². The molecule has 2 aromatic rings. The third-order valence-corrected chi connectivity index (χ3v) is 4.35. The molecule has 1 fully saturated rings. The smallest absolute Gasteiger partial charge is 0.244 e. The number of carbonyl (C=O) groups is 2. The lowest BCUT2D eigenvalue weighted by Gasteiger charge is -2.04. The Morgan fingerprint density at radius 1 is 1.41 bits per heavy atom. The molecule has 1 aliphatic carbocycles. The lowest BCUT2D eigenvalue weighted by Crippen LogP contribution is -2.34. The van der Waals surface area contributed by atoms with E-state index in [4.69, 9.17) is 11.6 Å². The van der Waals surface area contributed by atoms with Crippen LogP contribution >= 0.6 is 22.9 Å². The molecule has 6 nitrogen and oxygen atoms in total. The van der Waals surface area contributed by atoms with Crippen molar-refractivity contribution in [1.29, 1.82) is 0 Å². The molecule has 1 aliphatic rings. The van der Waals surface area contributed by atoms with Gasteiger partial charge in [0.2, 0.25) is 11.8 Å². The predicted molar refractivity (Wildman–Crippen MR) is 85.9 cm³/mol. The third-order valence-electron chi connectivity index (χ3n) is 3.32. The summed E-state index contributed by atoms with van der Waals surface area (Å²) in [6.07, 6.45) is 6.85. The molecule has 0 radical (unpaired) electrons. The SMILES string of the molecule is O=C(/C=C/c1c(Cl)nc2sccn12)NCCNC(=O)C1CC1. The van der Waals surface area contributed by atoms with Crippen molar-refractivity contribution in [3.63, 3.8) is 0 Å². The van der Waals surface area contributed by atoms with E-state index in [0.717, 1.165) is 17.8 Å². The van der Waals surface area contributed by atoms with Crippen molar-refractivity contribution in [1.82, 2.24) is 20.0 Å². The first-order chi connectivity index (χ1) is 10.6. The second-order valence-electron chi connectivity index (χ2n) is 5.03. The van der Waals surface area contributed by atoms with Crippen molar-refractivity contribution in [2.75, 3.05) is 13.1 Å². The standard InChI is InChI=1S/C14H15ClN4O2S/c15-12-10(19-7-8-22-14(19)18-12)3-4-11(20)16-5-6-17-13(21)9-1-2-9/h3-4,7-9H,1-2,5-6H2,(H,16,20)(H,17,21)/b4-3+. The normalized spacial score (nSPS) is 14.6. The predicted octanol–water partition coefficient (Wildman–Crippen LogP) is 1.70. The summed E-state index contributed by atoms with van der Waals surface area (Å²) in [7, 11) is 0. The van der Waals surface area contributed by atoms with E-state index >= 15 is 0 Å².